The molecule has 2 aliphatic rings. The van der Waals surface area contributed by atoms with Gasteiger partial charge >= 0.3 is 0 Å². The van der Waals surface area contributed by atoms with E-state index in [1.54, 1.807) is 6.08 Å². The lowest BCUT2D eigenvalue weighted by atomic mass is 9.85. The van der Waals surface area contributed by atoms with Crippen LogP contribution in [0.1, 0.15) is 12.0 Å². The van der Waals surface area contributed by atoms with Crippen molar-refractivity contribution < 1.29 is 34.6 Å². The number of hydrogen-bond donors (Lipinski definition) is 4. The van der Waals surface area contributed by atoms with E-state index in [0.717, 1.165) is 0 Å². The van der Waals surface area contributed by atoms with Crippen molar-refractivity contribution in [2.45, 2.75) is 25.0 Å². The molecule has 1 aliphatic heterocycles. The van der Waals surface area contributed by atoms with E-state index in [1.807, 2.05) is 0 Å². The Hall–Kier alpha value is -2.54. The van der Waals surface area contributed by atoms with E-state index in [4.69, 9.17) is 14.2 Å². The van der Waals surface area contributed by atoms with Gasteiger partial charge in [0.05, 0.1) is 20.3 Å². The standard InChI is InChI=1S/C17H20O7/c1-22-15-4-8(3-12(20)17(15)23-2)16-13(21)7-10-11(19)5-9(18)6-14(10)24-16/h4-6,8,13,16,18-21H,3,7H2,1-2H3/t8?,13-,16-/m1/s1. The lowest BCUT2D eigenvalue weighted by molar-refractivity contribution is -0.00690. The molecule has 1 aliphatic carbocycles. The fourth-order valence-electron chi connectivity index (χ4n) is 3.23. The molecule has 1 aromatic carbocycles. The summed E-state index contributed by atoms with van der Waals surface area (Å²) in [5.74, 6) is 0.359. The second-order valence-electron chi connectivity index (χ2n) is 5.88. The lowest BCUT2D eigenvalue weighted by Crippen LogP contribution is -2.43. The topological polar surface area (TPSA) is 109 Å². The molecule has 0 fully saturated rings. The van der Waals surface area contributed by atoms with Crippen molar-refractivity contribution in [3.05, 3.63) is 41.0 Å². The van der Waals surface area contributed by atoms with Crippen LogP contribution in [-0.4, -0.2) is 46.9 Å². The molecule has 1 aromatic rings. The van der Waals surface area contributed by atoms with E-state index >= 15 is 0 Å². The molecule has 0 saturated carbocycles. The Morgan fingerprint density at radius 3 is 2.50 bits per heavy atom. The molecule has 130 valence electrons. The molecule has 1 heterocycles. The fraction of sp³-hybridized carbons (Fsp3) is 0.412. The summed E-state index contributed by atoms with van der Waals surface area (Å²) >= 11 is 0. The third kappa shape index (κ3) is 2.71. The molecule has 4 N–H and O–H groups in total. The van der Waals surface area contributed by atoms with Crippen LogP contribution in [0.4, 0.5) is 0 Å². The Labute approximate surface area is 139 Å². The van der Waals surface area contributed by atoms with E-state index in [-0.39, 0.29) is 41.8 Å². The average Bonchev–Trinajstić information content (AvgIpc) is 2.54. The number of benzene rings is 1. The molecule has 0 saturated heterocycles. The van der Waals surface area contributed by atoms with E-state index in [1.165, 1.54) is 26.4 Å². The van der Waals surface area contributed by atoms with E-state index < -0.39 is 12.2 Å². The number of hydrogen-bond acceptors (Lipinski definition) is 7. The smallest absolute Gasteiger partial charge is 0.198 e. The maximum Gasteiger partial charge on any atom is 0.198 e. The van der Waals surface area contributed by atoms with Crippen molar-refractivity contribution in [1.82, 2.24) is 0 Å². The predicted molar refractivity (Wildman–Crippen MR) is 83.8 cm³/mol. The Morgan fingerprint density at radius 1 is 1.08 bits per heavy atom. The summed E-state index contributed by atoms with van der Waals surface area (Å²) in [5.41, 5.74) is 0.445. The van der Waals surface area contributed by atoms with Crippen LogP contribution < -0.4 is 4.74 Å². The van der Waals surface area contributed by atoms with Gasteiger partial charge in [-0.3, -0.25) is 0 Å². The van der Waals surface area contributed by atoms with Crippen molar-refractivity contribution in [1.29, 1.82) is 0 Å². The summed E-state index contributed by atoms with van der Waals surface area (Å²) in [6.45, 7) is 0. The van der Waals surface area contributed by atoms with E-state index in [2.05, 4.69) is 0 Å². The van der Waals surface area contributed by atoms with Crippen molar-refractivity contribution in [2.75, 3.05) is 14.2 Å². The highest BCUT2D eigenvalue weighted by Crippen LogP contribution is 2.41. The second kappa shape index (κ2) is 6.16. The highest BCUT2D eigenvalue weighted by molar-refractivity contribution is 5.51. The molecule has 1 unspecified atom stereocenters. The van der Waals surface area contributed by atoms with Crippen LogP contribution in [0.2, 0.25) is 0 Å². The zero-order chi connectivity index (χ0) is 17.4. The van der Waals surface area contributed by atoms with Crippen LogP contribution in [0.3, 0.4) is 0 Å². The maximum atomic E-state index is 10.4. The summed E-state index contributed by atoms with van der Waals surface area (Å²) in [6.07, 6.45) is 0.590. The van der Waals surface area contributed by atoms with Crippen LogP contribution in [0.5, 0.6) is 17.2 Å². The number of aliphatic hydroxyl groups is 2. The number of ether oxygens (including phenoxy) is 3. The highest BCUT2D eigenvalue weighted by atomic mass is 16.5. The van der Waals surface area contributed by atoms with Gasteiger partial charge in [-0.15, -0.1) is 0 Å². The molecule has 24 heavy (non-hydrogen) atoms. The summed E-state index contributed by atoms with van der Waals surface area (Å²) in [7, 11) is 2.90. The van der Waals surface area contributed by atoms with Gasteiger partial charge in [0.1, 0.15) is 29.1 Å². The molecule has 0 aromatic heterocycles. The first-order valence-corrected chi connectivity index (χ1v) is 7.56. The number of methoxy groups -OCH3 is 2. The lowest BCUT2D eigenvalue weighted by Gasteiger charge is -2.36. The van der Waals surface area contributed by atoms with Crippen LogP contribution in [-0.2, 0) is 15.9 Å². The second-order valence-corrected chi connectivity index (χ2v) is 5.88. The number of aromatic hydroxyl groups is 2. The maximum absolute atomic E-state index is 10.4. The van der Waals surface area contributed by atoms with Crippen molar-refractivity contribution in [3.8, 4) is 17.2 Å². The number of fused-ring (bicyclic) bond motifs is 1. The number of phenolic OH excluding ortho intramolecular Hbond substituents is 2. The SMILES string of the molecule is COC1=CC([C@H]2Oc3cc(O)cc(O)c3C[C@H]2O)CC(O)=C1OC. The van der Waals surface area contributed by atoms with Gasteiger partial charge in [0.2, 0.25) is 0 Å². The first kappa shape index (κ1) is 16.3. The molecule has 7 nitrogen and oxygen atoms in total. The van der Waals surface area contributed by atoms with Crippen molar-refractivity contribution in [3.63, 3.8) is 0 Å². The van der Waals surface area contributed by atoms with Crippen molar-refractivity contribution >= 4 is 0 Å². The normalized spacial score (nSPS) is 26.3. The molecular weight excluding hydrogens is 316 g/mol. The van der Waals surface area contributed by atoms with Gasteiger partial charge in [0.15, 0.2) is 11.5 Å². The van der Waals surface area contributed by atoms with Crippen LogP contribution in [0.25, 0.3) is 0 Å². The van der Waals surface area contributed by atoms with Gasteiger partial charge in [-0.05, 0) is 6.08 Å². The van der Waals surface area contributed by atoms with E-state index in [0.29, 0.717) is 17.1 Å². The number of rotatable bonds is 3. The summed E-state index contributed by atoms with van der Waals surface area (Å²) < 4.78 is 16.2. The zero-order valence-electron chi connectivity index (χ0n) is 13.4. The van der Waals surface area contributed by atoms with Crippen LogP contribution in [0.15, 0.2) is 35.5 Å². The average molecular weight is 336 g/mol. The number of aliphatic hydroxyl groups excluding tert-OH is 2. The minimum atomic E-state index is -0.885. The number of phenols is 2. The minimum absolute atomic E-state index is 0.0159. The van der Waals surface area contributed by atoms with Gasteiger partial charge in [0, 0.05) is 36.5 Å². The Balaban J connectivity index is 1.91. The molecule has 0 radical (unpaired) electrons. The molecule has 0 amide bonds. The number of allylic oxidation sites excluding steroid dienone is 1. The molecule has 0 bridgehead atoms. The van der Waals surface area contributed by atoms with Gasteiger partial charge in [-0.2, -0.15) is 0 Å². The first-order valence-electron chi connectivity index (χ1n) is 7.56. The monoisotopic (exact) mass is 336 g/mol. The summed E-state index contributed by atoms with van der Waals surface area (Å²) in [5, 5.41) is 40.1. The van der Waals surface area contributed by atoms with E-state index in [9.17, 15) is 20.4 Å². The Kier molecular flexibility index (Phi) is 4.19. The molecule has 3 atom stereocenters. The Morgan fingerprint density at radius 2 is 1.83 bits per heavy atom. The molecule has 3 rings (SSSR count). The fourth-order valence-corrected chi connectivity index (χ4v) is 3.23. The minimum Gasteiger partial charge on any atom is -0.508 e. The van der Waals surface area contributed by atoms with Crippen molar-refractivity contribution in [2.24, 2.45) is 5.92 Å². The predicted octanol–water partition coefficient (Wildman–Crippen LogP) is 1.73. The molecule has 0 spiro atoms. The zero-order valence-corrected chi connectivity index (χ0v) is 13.4. The third-order valence-corrected chi connectivity index (χ3v) is 4.35. The van der Waals surface area contributed by atoms with Gasteiger partial charge < -0.3 is 34.6 Å². The first-order chi connectivity index (χ1) is 11.4. The molecule has 7 heteroatoms. The van der Waals surface area contributed by atoms with Gasteiger partial charge in [0.25, 0.3) is 0 Å². The van der Waals surface area contributed by atoms with Crippen LogP contribution >= 0.6 is 0 Å². The largest absolute Gasteiger partial charge is 0.508 e. The third-order valence-electron chi connectivity index (χ3n) is 4.35. The summed E-state index contributed by atoms with van der Waals surface area (Å²) in [4.78, 5) is 0. The molecular formula is C17H20O7. The quantitative estimate of drug-likeness (QED) is 0.665. The van der Waals surface area contributed by atoms with Crippen LogP contribution in [0, 0.1) is 5.92 Å². The Bertz CT molecular complexity index is 707. The highest BCUT2D eigenvalue weighted by Gasteiger charge is 2.38. The van der Waals surface area contributed by atoms with Gasteiger partial charge in [-0.25, -0.2) is 0 Å². The summed E-state index contributed by atoms with van der Waals surface area (Å²) in [6, 6.07) is 2.60. The van der Waals surface area contributed by atoms with Gasteiger partial charge in [-0.1, -0.05) is 0 Å².